The first-order valence-corrected chi connectivity index (χ1v) is 8.26. The Kier molecular flexibility index (Phi) is 4.88. The molecule has 132 valence electrons. The van der Waals surface area contributed by atoms with Crippen molar-refractivity contribution in [2.75, 3.05) is 14.1 Å². The van der Waals surface area contributed by atoms with Crippen LogP contribution in [0.4, 0.5) is 4.39 Å². The smallest absolute Gasteiger partial charge is 0.228 e. The zero-order chi connectivity index (χ0) is 18.0. The molecule has 1 aromatic carbocycles. The van der Waals surface area contributed by atoms with Crippen LogP contribution in [0.3, 0.4) is 0 Å². The van der Waals surface area contributed by atoms with Crippen LogP contribution in [-0.4, -0.2) is 35.7 Å². The summed E-state index contributed by atoms with van der Waals surface area (Å²) in [5.74, 6) is -0.409. The van der Waals surface area contributed by atoms with E-state index in [1.54, 1.807) is 55.6 Å². The fourth-order valence-electron chi connectivity index (χ4n) is 3.43. The van der Waals surface area contributed by atoms with Crippen LogP contribution in [0, 0.1) is 11.7 Å². The number of halogens is 1. The summed E-state index contributed by atoms with van der Waals surface area (Å²) in [5, 5.41) is 0. The molecule has 2 aromatic rings. The minimum Gasteiger partial charge on any atom is -0.467 e. The molecule has 0 unspecified atom stereocenters. The van der Waals surface area contributed by atoms with Crippen LogP contribution in [0.2, 0.25) is 0 Å². The van der Waals surface area contributed by atoms with Gasteiger partial charge in [-0.05, 0) is 24.6 Å². The van der Waals surface area contributed by atoms with E-state index in [-0.39, 0.29) is 18.2 Å². The number of amides is 2. The number of benzene rings is 1. The molecule has 3 rings (SSSR count). The van der Waals surface area contributed by atoms with Gasteiger partial charge in [-0.15, -0.1) is 0 Å². The van der Waals surface area contributed by atoms with Gasteiger partial charge in [0.25, 0.3) is 0 Å². The molecule has 2 atom stereocenters. The van der Waals surface area contributed by atoms with Crippen LogP contribution in [0.25, 0.3) is 0 Å². The van der Waals surface area contributed by atoms with Gasteiger partial charge in [-0.1, -0.05) is 18.2 Å². The molecule has 25 heavy (non-hydrogen) atoms. The summed E-state index contributed by atoms with van der Waals surface area (Å²) in [6.07, 6.45) is 2.25. The fourth-order valence-corrected chi connectivity index (χ4v) is 3.43. The maximum absolute atomic E-state index is 14.3. The van der Waals surface area contributed by atoms with Crippen LogP contribution >= 0.6 is 0 Å². The zero-order valence-electron chi connectivity index (χ0n) is 14.3. The highest BCUT2D eigenvalue weighted by molar-refractivity contribution is 5.84. The summed E-state index contributed by atoms with van der Waals surface area (Å²) in [6.45, 7) is 0.337. The van der Waals surface area contributed by atoms with E-state index >= 15 is 0 Å². The van der Waals surface area contributed by atoms with E-state index in [2.05, 4.69) is 0 Å². The van der Waals surface area contributed by atoms with E-state index in [4.69, 9.17) is 4.42 Å². The number of rotatable bonds is 4. The Balaban J connectivity index is 1.88. The summed E-state index contributed by atoms with van der Waals surface area (Å²) in [4.78, 5) is 28.2. The van der Waals surface area contributed by atoms with E-state index in [9.17, 15) is 14.0 Å². The maximum Gasteiger partial charge on any atom is 0.228 e. The summed E-state index contributed by atoms with van der Waals surface area (Å²) >= 11 is 0. The third kappa shape index (κ3) is 3.43. The van der Waals surface area contributed by atoms with Crippen molar-refractivity contribution < 1.29 is 18.4 Å². The number of nitrogens with zero attached hydrogens (tertiary/aromatic N) is 2. The standard InChI is InChI=1S/C19H21FN2O3/c1-21(12-13-6-5-11-25-13)19(24)15-9-10-17(23)22(2)18(15)14-7-3-4-8-16(14)20/h3-8,11,15,18H,9-10,12H2,1-2H3/t15-,18-/m0/s1. The van der Waals surface area contributed by atoms with Crippen LogP contribution in [0.1, 0.15) is 30.2 Å². The molecule has 0 radical (unpaired) electrons. The molecule has 6 heteroatoms. The molecule has 1 fully saturated rings. The van der Waals surface area contributed by atoms with Crippen molar-refractivity contribution in [1.29, 1.82) is 0 Å². The lowest BCUT2D eigenvalue weighted by atomic mass is 9.83. The lowest BCUT2D eigenvalue weighted by Gasteiger charge is -2.40. The highest BCUT2D eigenvalue weighted by atomic mass is 19.1. The number of carbonyl (C=O) groups is 2. The molecular weight excluding hydrogens is 323 g/mol. The minimum absolute atomic E-state index is 0.0778. The molecule has 2 amide bonds. The first-order chi connectivity index (χ1) is 12.0. The summed E-state index contributed by atoms with van der Waals surface area (Å²) < 4.78 is 19.6. The number of hydrogen-bond donors (Lipinski definition) is 0. The molecule has 5 nitrogen and oxygen atoms in total. The molecule has 0 N–H and O–H groups in total. The van der Waals surface area contributed by atoms with E-state index in [1.807, 2.05) is 0 Å². The van der Waals surface area contributed by atoms with E-state index in [0.717, 1.165) is 0 Å². The van der Waals surface area contributed by atoms with Gasteiger partial charge in [0.05, 0.1) is 24.8 Å². The number of likely N-dealkylation sites (tertiary alicyclic amines) is 1. The van der Waals surface area contributed by atoms with E-state index in [1.165, 1.54) is 11.0 Å². The Bertz CT molecular complexity index is 760. The number of furan rings is 1. The molecule has 1 aromatic heterocycles. The van der Waals surface area contributed by atoms with Crippen LogP contribution in [0.15, 0.2) is 47.1 Å². The van der Waals surface area contributed by atoms with Gasteiger partial charge in [0.1, 0.15) is 11.6 Å². The topological polar surface area (TPSA) is 53.8 Å². The maximum atomic E-state index is 14.3. The number of hydrogen-bond acceptors (Lipinski definition) is 3. The van der Waals surface area contributed by atoms with Crippen molar-refractivity contribution in [3.63, 3.8) is 0 Å². The molecule has 1 aliphatic heterocycles. The number of piperidine rings is 1. The molecule has 0 saturated carbocycles. The molecule has 0 bridgehead atoms. The zero-order valence-corrected chi connectivity index (χ0v) is 14.3. The molecule has 0 spiro atoms. The molecule has 1 aliphatic rings. The molecule has 0 aliphatic carbocycles. The summed E-state index contributed by atoms with van der Waals surface area (Å²) in [6, 6.07) is 9.28. The minimum atomic E-state index is -0.603. The molecule has 2 heterocycles. The van der Waals surface area contributed by atoms with Gasteiger partial charge in [0.15, 0.2) is 0 Å². The first kappa shape index (κ1) is 17.2. The Hall–Kier alpha value is -2.63. The van der Waals surface area contributed by atoms with Gasteiger partial charge in [0.2, 0.25) is 11.8 Å². The second-order valence-electron chi connectivity index (χ2n) is 6.39. The molecular formula is C19H21FN2O3. The highest BCUT2D eigenvalue weighted by Crippen LogP contribution is 2.37. The average Bonchev–Trinajstić information content (AvgIpc) is 3.10. The largest absolute Gasteiger partial charge is 0.467 e. The number of carbonyl (C=O) groups excluding carboxylic acids is 2. The Morgan fingerprint density at radius 1 is 1.32 bits per heavy atom. The Morgan fingerprint density at radius 3 is 2.76 bits per heavy atom. The fraction of sp³-hybridized carbons (Fsp3) is 0.368. The monoisotopic (exact) mass is 344 g/mol. The predicted octanol–water partition coefficient (Wildman–Crippen LogP) is 2.99. The predicted molar refractivity (Wildman–Crippen MR) is 89.8 cm³/mol. The van der Waals surface area contributed by atoms with Crippen molar-refractivity contribution in [2.24, 2.45) is 5.92 Å². The van der Waals surface area contributed by atoms with Crippen LogP contribution in [-0.2, 0) is 16.1 Å². The Labute approximate surface area is 146 Å². The SMILES string of the molecule is CN(Cc1ccco1)C(=O)[C@H]1CCC(=O)N(C)[C@H]1c1ccccc1F. The van der Waals surface area contributed by atoms with Crippen molar-refractivity contribution in [1.82, 2.24) is 9.80 Å². The van der Waals surface area contributed by atoms with Crippen molar-refractivity contribution in [2.45, 2.75) is 25.4 Å². The Morgan fingerprint density at radius 2 is 2.08 bits per heavy atom. The van der Waals surface area contributed by atoms with Gasteiger partial charge in [-0.25, -0.2) is 4.39 Å². The molecule has 1 saturated heterocycles. The quantitative estimate of drug-likeness (QED) is 0.857. The van der Waals surface area contributed by atoms with Crippen LogP contribution in [0.5, 0.6) is 0 Å². The summed E-state index contributed by atoms with van der Waals surface area (Å²) in [7, 11) is 3.32. The highest BCUT2D eigenvalue weighted by Gasteiger charge is 2.41. The third-order valence-corrected chi connectivity index (χ3v) is 4.75. The van der Waals surface area contributed by atoms with Crippen LogP contribution < -0.4 is 0 Å². The van der Waals surface area contributed by atoms with E-state index < -0.39 is 17.8 Å². The second-order valence-corrected chi connectivity index (χ2v) is 6.39. The van der Waals surface area contributed by atoms with Gasteiger partial charge >= 0.3 is 0 Å². The lowest BCUT2D eigenvalue weighted by molar-refractivity contribution is -0.146. The first-order valence-electron chi connectivity index (χ1n) is 8.26. The van der Waals surface area contributed by atoms with Crippen molar-refractivity contribution in [3.8, 4) is 0 Å². The summed E-state index contributed by atoms with van der Waals surface area (Å²) in [5.41, 5.74) is 0.378. The van der Waals surface area contributed by atoms with Crippen molar-refractivity contribution in [3.05, 3.63) is 59.8 Å². The van der Waals surface area contributed by atoms with Gasteiger partial charge in [-0.2, -0.15) is 0 Å². The third-order valence-electron chi connectivity index (χ3n) is 4.75. The van der Waals surface area contributed by atoms with E-state index in [0.29, 0.717) is 24.3 Å². The van der Waals surface area contributed by atoms with Crippen molar-refractivity contribution >= 4 is 11.8 Å². The van der Waals surface area contributed by atoms with Gasteiger partial charge in [-0.3, -0.25) is 9.59 Å². The normalized spacial score (nSPS) is 20.6. The average molecular weight is 344 g/mol. The lowest BCUT2D eigenvalue weighted by Crippen LogP contribution is -2.46. The van der Waals surface area contributed by atoms with Gasteiger partial charge < -0.3 is 14.2 Å². The van der Waals surface area contributed by atoms with Gasteiger partial charge in [0, 0.05) is 26.1 Å². The second kappa shape index (κ2) is 7.09.